The van der Waals surface area contributed by atoms with Gasteiger partial charge in [0.05, 0.1) is 17.5 Å². The molecular formula is C17H11F8N3O. The number of imidazole rings is 1. The van der Waals surface area contributed by atoms with Crippen LogP contribution in [0.25, 0.3) is 17.0 Å². The second-order valence-electron chi connectivity index (χ2n) is 6.06. The highest BCUT2D eigenvalue weighted by atomic mass is 19.4. The number of alkyl halides is 8. The molecule has 0 radical (unpaired) electrons. The number of hydrogen-bond donors (Lipinski definition) is 0. The Hall–Kier alpha value is -2.92. The van der Waals surface area contributed by atoms with Crippen LogP contribution >= 0.6 is 0 Å². The van der Waals surface area contributed by atoms with Gasteiger partial charge in [-0.25, -0.2) is 4.98 Å². The van der Waals surface area contributed by atoms with Crippen molar-refractivity contribution >= 4 is 5.65 Å². The van der Waals surface area contributed by atoms with Crippen LogP contribution in [-0.4, -0.2) is 33.1 Å². The molecule has 0 amide bonds. The molecule has 156 valence electrons. The highest BCUT2D eigenvalue weighted by Gasteiger charge is 2.58. The van der Waals surface area contributed by atoms with E-state index >= 15 is 0 Å². The van der Waals surface area contributed by atoms with Gasteiger partial charge in [-0.15, -0.1) is 0 Å². The molecule has 0 saturated carbocycles. The van der Waals surface area contributed by atoms with Gasteiger partial charge < -0.3 is 9.14 Å². The first-order chi connectivity index (χ1) is 13.3. The van der Waals surface area contributed by atoms with Crippen molar-refractivity contribution in [1.82, 2.24) is 14.4 Å². The summed E-state index contributed by atoms with van der Waals surface area (Å²) < 4.78 is 106. The average molecular weight is 425 g/mol. The lowest BCUT2D eigenvalue weighted by Crippen LogP contribution is -2.41. The highest BCUT2D eigenvalue weighted by Crippen LogP contribution is 2.36. The van der Waals surface area contributed by atoms with Crippen molar-refractivity contribution in [2.24, 2.45) is 0 Å². The monoisotopic (exact) mass is 425 g/mol. The molecule has 0 fully saturated rings. The van der Waals surface area contributed by atoms with E-state index in [0.717, 1.165) is 24.5 Å². The minimum absolute atomic E-state index is 0.176. The fourth-order valence-corrected chi connectivity index (χ4v) is 2.43. The molecule has 3 aromatic heterocycles. The summed E-state index contributed by atoms with van der Waals surface area (Å²) in [5.41, 5.74) is 0.0684. The number of nitrogens with zero attached hydrogens (tertiary/aromatic N) is 3. The van der Waals surface area contributed by atoms with E-state index in [-0.39, 0.29) is 22.8 Å². The summed E-state index contributed by atoms with van der Waals surface area (Å²) >= 11 is 0. The highest BCUT2D eigenvalue weighted by molar-refractivity contribution is 5.63. The molecule has 29 heavy (non-hydrogen) atoms. The third-order valence-corrected chi connectivity index (χ3v) is 4.00. The number of ether oxygens (including phenoxy) is 1. The third kappa shape index (κ3) is 4.10. The Balaban J connectivity index is 1.85. The van der Waals surface area contributed by atoms with Crippen LogP contribution in [0.4, 0.5) is 35.1 Å². The van der Waals surface area contributed by atoms with Gasteiger partial charge in [0.1, 0.15) is 17.1 Å². The first kappa shape index (κ1) is 20.8. The van der Waals surface area contributed by atoms with Gasteiger partial charge in [0.2, 0.25) is 0 Å². The van der Waals surface area contributed by atoms with E-state index in [1.807, 2.05) is 0 Å². The van der Waals surface area contributed by atoms with Crippen LogP contribution in [0.1, 0.15) is 11.3 Å². The summed E-state index contributed by atoms with van der Waals surface area (Å²) in [6.45, 7) is -0.406. The van der Waals surface area contributed by atoms with Crippen LogP contribution in [0.15, 0.2) is 36.7 Å². The molecule has 4 nitrogen and oxygen atoms in total. The molecular weight excluding hydrogens is 414 g/mol. The summed E-state index contributed by atoms with van der Waals surface area (Å²) in [6, 6.07) is 4.41. The minimum Gasteiger partial charge on any atom is -0.485 e. The van der Waals surface area contributed by atoms with Gasteiger partial charge in [0, 0.05) is 11.9 Å². The maximum atomic E-state index is 12.9. The van der Waals surface area contributed by atoms with Crippen LogP contribution in [0, 0.1) is 6.92 Å². The summed E-state index contributed by atoms with van der Waals surface area (Å²) in [5.74, 6) is -5.36. The SMILES string of the molecule is Cc1c(-c2ccc(OCC(F)(F)C(F)(F)F)cn2)nc2ccc(C(F)(F)F)cn12. The van der Waals surface area contributed by atoms with E-state index in [2.05, 4.69) is 14.7 Å². The maximum Gasteiger partial charge on any atom is 0.456 e. The van der Waals surface area contributed by atoms with Crippen molar-refractivity contribution in [2.75, 3.05) is 6.61 Å². The Morgan fingerprint density at radius 2 is 1.66 bits per heavy atom. The van der Waals surface area contributed by atoms with Crippen molar-refractivity contribution in [3.63, 3.8) is 0 Å². The lowest BCUT2D eigenvalue weighted by atomic mass is 10.2. The van der Waals surface area contributed by atoms with Gasteiger partial charge in [0.25, 0.3) is 0 Å². The summed E-state index contributed by atoms with van der Waals surface area (Å²) in [4.78, 5) is 8.07. The normalized spacial score (nSPS) is 13.1. The maximum absolute atomic E-state index is 12.9. The van der Waals surface area contributed by atoms with Crippen molar-refractivity contribution in [3.8, 4) is 17.1 Å². The van der Waals surface area contributed by atoms with Gasteiger partial charge in [-0.05, 0) is 31.2 Å². The van der Waals surface area contributed by atoms with E-state index in [1.165, 1.54) is 23.5 Å². The third-order valence-electron chi connectivity index (χ3n) is 4.00. The molecule has 3 rings (SSSR count). The second kappa shape index (κ2) is 6.85. The predicted molar refractivity (Wildman–Crippen MR) is 84.7 cm³/mol. The molecule has 0 N–H and O–H groups in total. The van der Waals surface area contributed by atoms with Crippen LogP contribution < -0.4 is 4.74 Å². The Morgan fingerprint density at radius 1 is 0.966 bits per heavy atom. The molecule has 0 atom stereocenters. The van der Waals surface area contributed by atoms with Crippen LogP contribution in [0.5, 0.6) is 5.75 Å². The number of fused-ring (bicyclic) bond motifs is 1. The van der Waals surface area contributed by atoms with E-state index in [1.54, 1.807) is 0 Å². The molecule has 3 heterocycles. The number of aryl methyl sites for hydroxylation is 1. The van der Waals surface area contributed by atoms with Crippen molar-refractivity contribution < 1.29 is 39.9 Å². The van der Waals surface area contributed by atoms with Crippen molar-refractivity contribution in [1.29, 1.82) is 0 Å². The number of hydrogen-bond acceptors (Lipinski definition) is 3. The first-order valence-corrected chi connectivity index (χ1v) is 7.89. The van der Waals surface area contributed by atoms with Crippen LogP contribution in [-0.2, 0) is 6.18 Å². The zero-order valence-electron chi connectivity index (χ0n) is 14.4. The Kier molecular flexibility index (Phi) is 4.91. The summed E-state index contributed by atoms with van der Waals surface area (Å²) in [6.07, 6.45) is -8.49. The fraction of sp³-hybridized carbons (Fsp3) is 0.294. The molecule has 12 heteroatoms. The van der Waals surface area contributed by atoms with Gasteiger partial charge >= 0.3 is 18.3 Å². The number of pyridine rings is 2. The summed E-state index contributed by atoms with van der Waals surface area (Å²) in [7, 11) is 0. The van der Waals surface area contributed by atoms with E-state index in [4.69, 9.17) is 0 Å². The minimum atomic E-state index is -5.75. The van der Waals surface area contributed by atoms with Crippen molar-refractivity contribution in [3.05, 3.63) is 47.9 Å². The average Bonchev–Trinajstić information content (AvgIpc) is 2.95. The van der Waals surface area contributed by atoms with Crippen LogP contribution in [0.2, 0.25) is 0 Å². The van der Waals surface area contributed by atoms with E-state index in [0.29, 0.717) is 5.69 Å². The Morgan fingerprint density at radius 3 is 2.21 bits per heavy atom. The predicted octanol–water partition coefficient (Wildman–Crippen LogP) is 5.30. The standard InChI is InChI=1S/C17H11F8N3O/c1-9-14(27-13-5-2-10(7-28(9)13)16(20,21)22)12-4-3-11(6-26-12)29-8-15(18,19)17(23,24)25/h2-7H,8H2,1H3. The molecule has 0 aliphatic carbocycles. The topological polar surface area (TPSA) is 39.4 Å². The van der Waals surface area contributed by atoms with Crippen LogP contribution in [0.3, 0.4) is 0 Å². The molecule has 0 aromatic carbocycles. The van der Waals surface area contributed by atoms with Gasteiger partial charge in [-0.3, -0.25) is 4.98 Å². The Labute approximate surface area is 157 Å². The first-order valence-electron chi connectivity index (χ1n) is 7.89. The molecule has 0 aliphatic rings. The summed E-state index contributed by atoms with van der Waals surface area (Å²) in [5, 5.41) is 0. The van der Waals surface area contributed by atoms with E-state index < -0.39 is 30.4 Å². The fourth-order valence-electron chi connectivity index (χ4n) is 2.43. The van der Waals surface area contributed by atoms with E-state index in [9.17, 15) is 35.1 Å². The number of rotatable bonds is 4. The zero-order chi connectivity index (χ0) is 21.6. The van der Waals surface area contributed by atoms with Crippen molar-refractivity contribution in [2.45, 2.75) is 25.2 Å². The lowest BCUT2D eigenvalue weighted by Gasteiger charge is -2.19. The number of aromatic nitrogens is 3. The second-order valence-corrected chi connectivity index (χ2v) is 6.06. The smallest absolute Gasteiger partial charge is 0.456 e. The van der Waals surface area contributed by atoms with Gasteiger partial charge in [-0.1, -0.05) is 0 Å². The quantitative estimate of drug-likeness (QED) is 0.533. The zero-order valence-corrected chi connectivity index (χ0v) is 14.4. The molecule has 3 aromatic rings. The lowest BCUT2D eigenvalue weighted by molar-refractivity contribution is -0.290. The molecule has 0 bridgehead atoms. The molecule has 0 unspecified atom stereocenters. The molecule has 0 spiro atoms. The molecule has 0 saturated heterocycles. The molecule has 0 aliphatic heterocycles. The van der Waals surface area contributed by atoms with Gasteiger partial charge in [-0.2, -0.15) is 35.1 Å². The largest absolute Gasteiger partial charge is 0.485 e. The number of halogens is 8. The van der Waals surface area contributed by atoms with Gasteiger partial charge in [0.15, 0.2) is 6.61 Å². The Bertz CT molecular complexity index is 1020.